The smallest absolute Gasteiger partial charge is 0.339 e. The number of amides is 3. The Morgan fingerprint density at radius 3 is 2.49 bits per heavy atom. The molecule has 3 aromatic rings. The molecule has 2 heterocycles. The van der Waals surface area contributed by atoms with E-state index in [2.05, 4.69) is 0 Å². The lowest BCUT2D eigenvalue weighted by Gasteiger charge is -2.27. The first kappa shape index (κ1) is 26.8. The van der Waals surface area contributed by atoms with Crippen LogP contribution in [0.3, 0.4) is 0 Å². The van der Waals surface area contributed by atoms with Crippen LogP contribution in [0.25, 0.3) is 16.8 Å². The quantitative estimate of drug-likeness (QED) is 0.300. The summed E-state index contributed by atoms with van der Waals surface area (Å²) >= 11 is 0.751. The van der Waals surface area contributed by atoms with E-state index in [1.165, 1.54) is 31.4 Å². The Hall–Kier alpha value is -3.83. The van der Waals surface area contributed by atoms with Gasteiger partial charge in [0.05, 0.1) is 12.0 Å². The number of benzene rings is 3. The molecule has 202 valence electrons. The van der Waals surface area contributed by atoms with Gasteiger partial charge < -0.3 is 13.8 Å². The van der Waals surface area contributed by atoms with Gasteiger partial charge in [0.1, 0.15) is 11.4 Å². The van der Waals surface area contributed by atoms with E-state index in [1.54, 1.807) is 29.2 Å². The van der Waals surface area contributed by atoms with Crippen molar-refractivity contribution in [1.82, 2.24) is 9.80 Å². The van der Waals surface area contributed by atoms with Gasteiger partial charge in [-0.1, -0.05) is 42.5 Å². The van der Waals surface area contributed by atoms with Crippen LogP contribution >= 0.6 is 11.8 Å². The standard InChI is InChI=1S/C28H26N2O7S2/c1-36-23-16-19(17-24-27(32)30(28(33)38-24)18-26(31)29-14-5-2-6-15-29)12-13-22(23)37-39(34,35)25-11-7-9-20-8-3-4-10-21(20)25/h3-4,7-13,16-17H,2,5-6,14-15,18H2,1H3/b24-17-. The van der Waals surface area contributed by atoms with Crippen molar-refractivity contribution in [2.45, 2.75) is 24.2 Å². The molecule has 3 amide bonds. The Morgan fingerprint density at radius 1 is 0.974 bits per heavy atom. The molecule has 39 heavy (non-hydrogen) atoms. The number of hydrogen-bond acceptors (Lipinski definition) is 8. The summed E-state index contributed by atoms with van der Waals surface area (Å²) in [7, 11) is -2.82. The third-order valence-corrected chi connectivity index (χ3v) is 8.78. The van der Waals surface area contributed by atoms with E-state index in [0.717, 1.165) is 41.3 Å². The Kier molecular flexibility index (Phi) is 7.62. The number of imide groups is 1. The molecule has 2 fully saturated rings. The molecule has 0 N–H and O–H groups in total. The SMILES string of the molecule is COc1cc(/C=C2\SC(=O)N(CC(=O)N3CCCCC3)C2=O)ccc1OS(=O)(=O)c1cccc2ccccc12. The highest BCUT2D eigenvalue weighted by molar-refractivity contribution is 8.18. The molecule has 0 radical (unpaired) electrons. The second-order valence-electron chi connectivity index (χ2n) is 9.13. The van der Waals surface area contributed by atoms with Gasteiger partial charge in [-0.3, -0.25) is 19.3 Å². The van der Waals surface area contributed by atoms with E-state index < -0.39 is 21.3 Å². The second kappa shape index (κ2) is 11.1. The lowest BCUT2D eigenvalue weighted by Crippen LogP contribution is -2.44. The van der Waals surface area contributed by atoms with E-state index in [0.29, 0.717) is 24.0 Å². The Labute approximate surface area is 230 Å². The normalized spacial score (nSPS) is 17.2. The van der Waals surface area contributed by atoms with Gasteiger partial charge in [0.25, 0.3) is 11.1 Å². The lowest BCUT2D eigenvalue weighted by molar-refractivity contribution is -0.136. The molecule has 0 saturated carbocycles. The largest absolute Gasteiger partial charge is 0.493 e. The maximum Gasteiger partial charge on any atom is 0.339 e. The first-order valence-corrected chi connectivity index (χ1v) is 14.6. The molecule has 0 bridgehead atoms. The number of likely N-dealkylation sites (tertiary alicyclic amines) is 1. The molecule has 2 saturated heterocycles. The summed E-state index contributed by atoms with van der Waals surface area (Å²) in [6, 6.07) is 16.5. The number of thioether (sulfide) groups is 1. The van der Waals surface area contributed by atoms with Crippen LogP contribution in [-0.4, -0.2) is 62.0 Å². The molecule has 9 nitrogen and oxygen atoms in total. The number of rotatable bonds is 7. The summed E-state index contributed by atoms with van der Waals surface area (Å²) in [6.07, 6.45) is 4.40. The first-order valence-electron chi connectivity index (χ1n) is 12.4. The van der Waals surface area contributed by atoms with Crippen molar-refractivity contribution in [3.8, 4) is 11.5 Å². The third-order valence-electron chi connectivity index (χ3n) is 6.58. The molecule has 0 atom stereocenters. The molecule has 0 aromatic heterocycles. The van der Waals surface area contributed by atoms with Crippen molar-refractivity contribution in [2.75, 3.05) is 26.7 Å². The zero-order chi connectivity index (χ0) is 27.6. The monoisotopic (exact) mass is 566 g/mol. The summed E-state index contributed by atoms with van der Waals surface area (Å²) < 4.78 is 37.1. The van der Waals surface area contributed by atoms with Gasteiger partial charge in [0.15, 0.2) is 11.5 Å². The molecule has 2 aliphatic heterocycles. The predicted octanol–water partition coefficient (Wildman–Crippen LogP) is 4.66. The van der Waals surface area contributed by atoms with Crippen molar-refractivity contribution < 1.29 is 31.7 Å². The molecule has 0 aliphatic carbocycles. The predicted molar refractivity (Wildman–Crippen MR) is 148 cm³/mol. The van der Waals surface area contributed by atoms with Gasteiger partial charge in [-0.2, -0.15) is 8.42 Å². The number of carbonyl (C=O) groups is 3. The molecule has 5 rings (SSSR count). The van der Waals surface area contributed by atoms with E-state index in [-0.39, 0.29) is 33.8 Å². The van der Waals surface area contributed by atoms with Gasteiger partial charge in [0, 0.05) is 18.5 Å². The van der Waals surface area contributed by atoms with Crippen LogP contribution in [0.15, 0.2) is 70.5 Å². The fourth-order valence-corrected chi connectivity index (χ4v) is 6.59. The number of ether oxygens (including phenoxy) is 1. The highest BCUT2D eigenvalue weighted by Crippen LogP contribution is 2.36. The highest BCUT2D eigenvalue weighted by Gasteiger charge is 2.37. The van der Waals surface area contributed by atoms with Crippen LogP contribution in [0.1, 0.15) is 24.8 Å². The average Bonchev–Trinajstić information content (AvgIpc) is 3.20. The molecule has 3 aromatic carbocycles. The lowest BCUT2D eigenvalue weighted by atomic mass is 10.1. The van der Waals surface area contributed by atoms with E-state index in [9.17, 15) is 22.8 Å². The summed E-state index contributed by atoms with van der Waals surface area (Å²) in [5.41, 5.74) is 0.495. The van der Waals surface area contributed by atoms with Crippen LogP contribution in [0.2, 0.25) is 0 Å². The van der Waals surface area contributed by atoms with Crippen molar-refractivity contribution in [2.24, 2.45) is 0 Å². The summed E-state index contributed by atoms with van der Waals surface area (Å²) in [4.78, 5) is 40.9. The number of nitrogens with zero attached hydrogens (tertiary/aromatic N) is 2. The molecular formula is C28H26N2O7S2. The van der Waals surface area contributed by atoms with Crippen LogP contribution in [0.4, 0.5) is 4.79 Å². The highest BCUT2D eigenvalue weighted by atomic mass is 32.2. The Morgan fingerprint density at radius 2 is 1.72 bits per heavy atom. The van der Waals surface area contributed by atoms with Crippen molar-refractivity contribution >= 4 is 55.8 Å². The van der Waals surface area contributed by atoms with Crippen molar-refractivity contribution in [1.29, 1.82) is 0 Å². The van der Waals surface area contributed by atoms with Gasteiger partial charge in [-0.15, -0.1) is 0 Å². The number of carbonyl (C=O) groups excluding carboxylic acids is 3. The van der Waals surface area contributed by atoms with Gasteiger partial charge in [0.2, 0.25) is 5.91 Å². The van der Waals surface area contributed by atoms with Gasteiger partial charge in [-0.05, 0) is 66.2 Å². The fourth-order valence-electron chi connectivity index (χ4n) is 4.59. The van der Waals surface area contributed by atoms with Crippen LogP contribution < -0.4 is 8.92 Å². The van der Waals surface area contributed by atoms with Crippen molar-refractivity contribution in [3.05, 3.63) is 71.1 Å². The fraction of sp³-hybridized carbons (Fsp3) is 0.250. The minimum Gasteiger partial charge on any atom is -0.493 e. The Bertz CT molecular complexity index is 1590. The topological polar surface area (TPSA) is 110 Å². The maximum atomic E-state index is 13.2. The number of fused-ring (bicyclic) bond motifs is 1. The summed E-state index contributed by atoms with van der Waals surface area (Å²) in [6.45, 7) is 0.981. The van der Waals surface area contributed by atoms with Crippen LogP contribution in [-0.2, 0) is 19.7 Å². The van der Waals surface area contributed by atoms with Crippen LogP contribution in [0.5, 0.6) is 11.5 Å². The summed E-state index contributed by atoms with van der Waals surface area (Å²) in [5.74, 6) is -0.683. The van der Waals surface area contributed by atoms with Crippen LogP contribution in [0, 0.1) is 0 Å². The zero-order valence-corrected chi connectivity index (χ0v) is 22.8. The van der Waals surface area contributed by atoms with E-state index >= 15 is 0 Å². The van der Waals surface area contributed by atoms with Gasteiger partial charge in [-0.25, -0.2) is 0 Å². The number of methoxy groups -OCH3 is 1. The zero-order valence-electron chi connectivity index (χ0n) is 21.2. The molecule has 0 unspecified atom stereocenters. The Balaban J connectivity index is 1.35. The first-order chi connectivity index (χ1) is 18.8. The molecular weight excluding hydrogens is 540 g/mol. The minimum atomic E-state index is -4.19. The maximum absolute atomic E-state index is 13.2. The number of piperidine rings is 1. The summed E-state index contributed by atoms with van der Waals surface area (Å²) in [5, 5.41) is 0.783. The van der Waals surface area contributed by atoms with Crippen molar-refractivity contribution in [3.63, 3.8) is 0 Å². The average molecular weight is 567 g/mol. The molecule has 11 heteroatoms. The third kappa shape index (κ3) is 5.64. The number of hydrogen-bond donors (Lipinski definition) is 0. The van der Waals surface area contributed by atoms with E-state index in [4.69, 9.17) is 8.92 Å². The molecule has 2 aliphatic rings. The minimum absolute atomic E-state index is 0.0252. The second-order valence-corrected chi connectivity index (χ2v) is 11.6. The van der Waals surface area contributed by atoms with Gasteiger partial charge >= 0.3 is 10.1 Å². The molecule has 0 spiro atoms. The van der Waals surface area contributed by atoms with E-state index in [1.807, 2.05) is 18.2 Å².